The van der Waals surface area contributed by atoms with Gasteiger partial charge in [-0.05, 0) is 43.0 Å². The van der Waals surface area contributed by atoms with E-state index < -0.39 is 15.8 Å². The third-order valence-electron chi connectivity index (χ3n) is 3.67. The number of esters is 1. The van der Waals surface area contributed by atoms with E-state index in [2.05, 4.69) is 0 Å². The van der Waals surface area contributed by atoms with Crippen molar-refractivity contribution in [3.8, 4) is 0 Å². The van der Waals surface area contributed by atoms with Gasteiger partial charge in [-0.2, -0.15) is 0 Å². The summed E-state index contributed by atoms with van der Waals surface area (Å²) in [5.74, 6) is -0.425. The summed E-state index contributed by atoms with van der Waals surface area (Å²) in [5.41, 5.74) is 3.60. The van der Waals surface area contributed by atoms with Crippen LogP contribution in [0, 0.1) is 13.8 Å². The van der Waals surface area contributed by atoms with Crippen LogP contribution in [0.4, 0.5) is 0 Å². The Bertz CT molecular complexity index is 851. The van der Waals surface area contributed by atoms with Crippen molar-refractivity contribution in [2.24, 2.45) is 0 Å². The smallest absolute Gasteiger partial charge is 0.338 e. The van der Waals surface area contributed by atoms with Gasteiger partial charge in [0, 0.05) is 6.26 Å². The summed E-state index contributed by atoms with van der Waals surface area (Å²) in [7, 11) is -2.02. The highest BCUT2D eigenvalue weighted by Gasteiger charge is 2.19. The predicted octanol–water partition coefficient (Wildman–Crippen LogP) is 3.08. The summed E-state index contributed by atoms with van der Waals surface area (Å²) in [6, 6.07) is 10.8. The Morgan fingerprint density at radius 1 is 1.09 bits per heavy atom. The largest absolute Gasteiger partial charge is 0.465 e. The molecule has 0 amide bonds. The van der Waals surface area contributed by atoms with Gasteiger partial charge in [0.1, 0.15) is 0 Å². The van der Waals surface area contributed by atoms with E-state index in [1.54, 1.807) is 19.1 Å². The minimum Gasteiger partial charge on any atom is -0.465 e. The SMILES string of the molecule is COC(=O)c1ccccc1Cc1cc(C)cc(C)c1S(C)(=O)=O. The Labute approximate surface area is 137 Å². The molecule has 0 saturated heterocycles. The molecule has 0 heterocycles. The fourth-order valence-corrected chi connectivity index (χ4v) is 4.14. The van der Waals surface area contributed by atoms with Crippen molar-refractivity contribution in [1.82, 2.24) is 0 Å². The van der Waals surface area contributed by atoms with Crippen LogP contribution >= 0.6 is 0 Å². The van der Waals surface area contributed by atoms with E-state index >= 15 is 0 Å². The van der Waals surface area contributed by atoms with Crippen LogP contribution < -0.4 is 0 Å². The number of ether oxygens (including phenoxy) is 1. The second-order valence-corrected chi connectivity index (χ2v) is 7.62. The van der Waals surface area contributed by atoms with E-state index in [1.165, 1.54) is 13.4 Å². The topological polar surface area (TPSA) is 60.4 Å². The molecule has 2 rings (SSSR count). The molecule has 0 aliphatic rings. The van der Waals surface area contributed by atoms with Crippen molar-refractivity contribution >= 4 is 15.8 Å². The van der Waals surface area contributed by atoms with Crippen LogP contribution in [0.2, 0.25) is 0 Å². The highest BCUT2D eigenvalue weighted by Crippen LogP contribution is 2.26. The Hall–Kier alpha value is -2.14. The Morgan fingerprint density at radius 3 is 2.35 bits per heavy atom. The second kappa shape index (κ2) is 6.54. The molecule has 0 aliphatic heterocycles. The average Bonchev–Trinajstić information content (AvgIpc) is 2.44. The number of hydrogen-bond donors (Lipinski definition) is 0. The summed E-state index contributed by atoms with van der Waals surface area (Å²) in [6.07, 6.45) is 1.57. The van der Waals surface area contributed by atoms with Crippen LogP contribution in [-0.4, -0.2) is 27.8 Å². The van der Waals surface area contributed by atoms with Crippen molar-refractivity contribution in [2.75, 3.05) is 13.4 Å². The quantitative estimate of drug-likeness (QED) is 0.807. The highest BCUT2D eigenvalue weighted by molar-refractivity contribution is 7.90. The third kappa shape index (κ3) is 3.79. The molecule has 23 heavy (non-hydrogen) atoms. The number of aryl methyl sites for hydroxylation is 2. The molecule has 0 N–H and O–H groups in total. The number of rotatable bonds is 4. The van der Waals surface area contributed by atoms with Gasteiger partial charge in [0.25, 0.3) is 0 Å². The van der Waals surface area contributed by atoms with E-state index in [4.69, 9.17) is 4.74 Å². The number of carbonyl (C=O) groups is 1. The molecule has 0 fully saturated rings. The first kappa shape index (κ1) is 17.2. The minimum atomic E-state index is -3.36. The van der Waals surface area contributed by atoms with Crippen molar-refractivity contribution < 1.29 is 17.9 Å². The molecular formula is C18H20O4S. The van der Waals surface area contributed by atoms with Crippen molar-refractivity contribution in [2.45, 2.75) is 25.2 Å². The first-order valence-electron chi connectivity index (χ1n) is 7.20. The maximum Gasteiger partial charge on any atom is 0.338 e. The lowest BCUT2D eigenvalue weighted by atomic mass is 9.97. The molecule has 0 radical (unpaired) electrons. The average molecular weight is 332 g/mol. The number of sulfone groups is 1. The van der Waals surface area contributed by atoms with E-state index in [9.17, 15) is 13.2 Å². The van der Waals surface area contributed by atoms with Crippen molar-refractivity contribution in [3.05, 3.63) is 64.2 Å². The van der Waals surface area contributed by atoms with Crippen LogP contribution in [0.3, 0.4) is 0 Å². The van der Waals surface area contributed by atoms with Crippen LogP contribution in [0.25, 0.3) is 0 Å². The fraction of sp³-hybridized carbons (Fsp3) is 0.278. The first-order valence-corrected chi connectivity index (χ1v) is 9.09. The zero-order chi connectivity index (χ0) is 17.2. The Balaban J connectivity index is 2.60. The van der Waals surface area contributed by atoms with Gasteiger partial charge in [-0.1, -0.05) is 35.9 Å². The van der Waals surface area contributed by atoms with E-state index in [0.717, 1.165) is 16.7 Å². The van der Waals surface area contributed by atoms with Crippen LogP contribution in [0.15, 0.2) is 41.3 Å². The maximum atomic E-state index is 12.2. The number of carbonyl (C=O) groups excluding carboxylic acids is 1. The van der Waals surface area contributed by atoms with Gasteiger partial charge in [-0.25, -0.2) is 13.2 Å². The Kier molecular flexibility index (Phi) is 4.90. The summed E-state index contributed by atoms with van der Waals surface area (Å²) in [4.78, 5) is 12.2. The molecule has 0 aliphatic carbocycles. The summed E-state index contributed by atoms with van der Waals surface area (Å²) in [5, 5.41) is 0. The van der Waals surface area contributed by atoms with Gasteiger partial charge < -0.3 is 4.74 Å². The van der Waals surface area contributed by atoms with Crippen molar-refractivity contribution in [3.63, 3.8) is 0 Å². The van der Waals surface area contributed by atoms with Gasteiger partial charge in [-0.15, -0.1) is 0 Å². The molecule has 0 atom stereocenters. The van der Waals surface area contributed by atoms with Gasteiger partial charge in [0.2, 0.25) is 0 Å². The Morgan fingerprint density at radius 2 is 1.74 bits per heavy atom. The molecule has 4 nitrogen and oxygen atoms in total. The van der Waals surface area contributed by atoms with E-state index in [-0.39, 0.29) is 0 Å². The van der Waals surface area contributed by atoms with Gasteiger partial charge >= 0.3 is 5.97 Å². The lowest BCUT2D eigenvalue weighted by Gasteiger charge is -2.14. The molecule has 0 saturated carbocycles. The lowest BCUT2D eigenvalue weighted by Crippen LogP contribution is -2.10. The minimum absolute atomic E-state index is 0.336. The highest BCUT2D eigenvalue weighted by atomic mass is 32.2. The monoisotopic (exact) mass is 332 g/mol. The summed E-state index contributed by atoms with van der Waals surface area (Å²) >= 11 is 0. The first-order chi connectivity index (χ1) is 10.7. The molecule has 0 bridgehead atoms. The van der Waals surface area contributed by atoms with Crippen LogP contribution in [-0.2, 0) is 21.0 Å². The second-order valence-electron chi connectivity index (χ2n) is 5.67. The van der Waals surface area contributed by atoms with Crippen molar-refractivity contribution in [1.29, 1.82) is 0 Å². The zero-order valence-corrected chi connectivity index (χ0v) is 14.5. The predicted molar refractivity (Wildman–Crippen MR) is 89.6 cm³/mol. The molecular weight excluding hydrogens is 312 g/mol. The standard InChI is InChI=1S/C18H20O4S/c1-12-9-13(2)17(23(4,20)21)15(10-12)11-14-7-5-6-8-16(14)18(19)22-3/h5-10H,11H2,1-4H3. The van der Waals surface area contributed by atoms with Gasteiger partial charge in [0.05, 0.1) is 17.6 Å². The molecule has 2 aromatic rings. The molecule has 2 aromatic carbocycles. The fourth-order valence-electron chi connectivity index (χ4n) is 2.89. The van der Waals surface area contributed by atoms with E-state index in [1.807, 2.05) is 31.2 Å². The van der Waals surface area contributed by atoms with Gasteiger partial charge in [0.15, 0.2) is 9.84 Å². The normalized spacial score (nSPS) is 11.3. The number of benzene rings is 2. The van der Waals surface area contributed by atoms with Gasteiger partial charge in [-0.3, -0.25) is 0 Å². The molecule has 122 valence electrons. The van der Waals surface area contributed by atoms with Crippen LogP contribution in [0.5, 0.6) is 0 Å². The molecule has 5 heteroatoms. The molecule has 0 aromatic heterocycles. The summed E-state index contributed by atoms with van der Waals surface area (Å²) in [6.45, 7) is 3.72. The third-order valence-corrected chi connectivity index (χ3v) is 5.00. The molecule has 0 spiro atoms. The molecule has 0 unspecified atom stereocenters. The number of hydrogen-bond acceptors (Lipinski definition) is 4. The maximum absolute atomic E-state index is 12.2. The van der Waals surface area contributed by atoms with E-state index in [0.29, 0.717) is 22.4 Å². The lowest BCUT2D eigenvalue weighted by molar-refractivity contribution is 0.0599. The van der Waals surface area contributed by atoms with Crippen LogP contribution in [0.1, 0.15) is 32.6 Å². The zero-order valence-electron chi connectivity index (χ0n) is 13.7. The number of methoxy groups -OCH3 is 1. The summed E-state index contributed by atoms with van der Waals surface area (Å²) < 4.78 is 29.1.